The summed E-state index contributed by atoms with van der Waals surface area (Å²) in [5, 5.41) is 8.70. The van der Waals surface area contributed by atoms with Crippen molar-refractivity contribution in [2.24, 2.45) is 0 Å². The van der Waals surface area contributed by atoms with E-state index in [1.807, 2.05) is 12.1 Å². The first-order chi connectivity index (χ1) is 9.06. The fraction of sp³-hybridized carbons (Fsp3) is 0.385. The van der Waals surface area contributed by atoms with Crippen molar-refractivity contribution < 1.29 is 14.7 Å². The lowest BCUT2D eigenvalue weighted by Crippen LogP contribution is -2.33. The number of hydrogen-bond donors (Lipinski definition) is 1. The molecule has 0 saturated heterocycles. The number of carbonyl (C=O) groups excluding carboxylic acids is 1. The standard InChI is InChI=1S/C13H14BrNO3S/c14-11-5-3-10(19-11)4-6-12(16)15(9-1-2-9)8-7-13(17)18/h3-6,9H,1-2,7-8H2,(H,17,18)/b6-4+. The second kappa shape index (κ2) is 6.34. The minimum Gasteiger partial charge on any atom is -0.481 e. The van der Waals surface area contributed by atoms with E-state index in [4.69, 9.17) is 5.11 Å². The minimum atomic E-state index is -0.871. The van der Waals surface area contributed by atoms with Crippen LogP contribution in [0.25, 0.3) is 6.08 Å². The van der Waals surface area contributed by atoms with Crippen LogP contribution >= 0.6 is 27.3 Å². The van der Waals surface area contributed by atoms with Gasteiger partial charge in [0.25, 0.3) is 0 Å². The number of amides is 1. The number of nitrogens with zero attached hydrogens (tertiary/aromatic N) is 1. The molecule has 0 bridgehead atoms. The molecule has 1 heterocycles. The summed E-state index contributed by atoms with van der Waals surface area (Å²) in [6.45, 7) is 0.289. The minimum absolute atomic E-state index is 0.000625. The summed E-state index contributed by atoms with van der Waals surface area (Å²) in [5.74, 6) is -0.974. The number of carboxylic acids is 1. The van der Waals surface area contributed by atoms with E-state index in [9.17, 15) is 9.59 Å². The first-order valence-electron chi connectivity index (χ1n) is 6.02. The molecule has 102 valence electrons. The molecular formula is C13H14BrNO3S. The zero-order valence-corrected chi connectivity index (χ0v) is 12.6. The summed E-state index contributed by atoms with van der Waals surface area (Å²) in [5.41, 5.74) is 0. The van der Waals surface area contributed by atoms with Crippen LogP contribution in [-0.2, 0) is 9.59 Å². The van der Waals surface area contributed by atoms with Gasteiger partial charge in [-0.3, -0.25) is 9.59 Å². The normalized spacial score (nSPS) is 14.8. The molecule has 1 aromatic rings. The third kappa shape index (κ3) is 4.47. The van der Waals surface area contributed by atoms with Gasteiger partial charge in [-0.2, -0.15) is 0 Å². The average molecular weight is 344 g/mol. The summed E-state index contributed by atoms with van der Waals surface area (Å²) in [7, 11) is 0. The van der Waals surface area contributed by atoms with Crippen molar-refractivity contribution in [3.63, 3.8) is 0 Å². The second-order valence-corrected chi connectivity index (χ2v) is 6.88. The molecule has 0 atom stereocenters. The van der Waals surface area contributed by atoms with Crippen LogP contribution in [0.2, 0.25) is 0 Å². The van der Waals surface area contributed by atoms with Crippen molar-refractivity contribution in [1.29, 1.82) is 0 Å². The van der Waals surface area contributed by atoms with Gasteiger partial charge in [0, 0.05) is 23.5 Å². The molecule has 0 spiro atoms. The fourth-order valence-corrected chi connectivity index (χ4v) is 3.07. The number of aliphatic carboxylic acids is 1. The van der Waals surface area contributed by atoms with E-state index in [2.05, 4.69) is 15.9 Å². The van der Waals surface area contributed by atoms with E-state index in [1.54, 1.807) is 22.3 Å². The van der Waals surface area contributed by atoms with Gasteiger partial charge in [-0.15, -0.1) is 11.3 Å². The molecule has 1 aromatic heterocycles. The Morgan fingerprint density at radius 2 is 2.21 bits per heavy atom. The van der Waals surface area contributed by atoms with Gasteiger partial charge in [0.05, 0.1) is 10.2 Å². The zero-order chi connectivity index (χ0) is 13.8. The second-order valence-electron chi connectivity index (χ2n) is 4.38. The first-order valence-corrected chi connectivity index (χ1v) is 7.63. The smallest absolute Gasteiger partial charge is 0.305 e. The van der Waals surface area contributed by atoms with Gasteiger partial charge in [0.15, 0.2) is 0 Å². The quantitative estimate of drug-likeness (QED) is 0.807. The number of halogens is 1. The highest BCUT2D eigenvalue weighted by molar-refractivity contribution is 9.11. The monoisotopic (exact) mass is 343 g/mol. The molecule has 1 N–H and O–H groups in total. The molecule has 2 rings (SSSR count). The zero-order valence-electron chi connectivity index (χ0n) is 10.2. The van der Waals surface area contributed by atoms with Crippen molar-refractivity contribution in [2.75, 3.05) is 6.54 Å². The van der Waals surface area contributed by atoms with Gasteiger partial charge in [-0.1, -0.05) is 0 Å². The van der Waals surface area contributed by atoms with Gasteiger partial charge in [-0.25, -0.2) is 0 Å². The SMILES string of the molecule is O=C(O)CCN(C(=O)/C=C/c1ccc(Br)s1)C1CC1. The van der Waals surface area contributed by atoms with Gasteiger partial charge in [0.1, 0.15) is 0 Å². The third-order valence-corrected chi connectivity index (χ3v) is 4.41. The maximum absolute atomic E-state index is 12.1. The fourth-order valence-electron chi connectivity index (χ4n) is 1.74. The highest BCUT2D eigenvalue weighted by Crippen LogP contribution is 2.28. The molecule has 0 unspecified atom stereocenters. The summed E-state index contributed by atoms with van der Waals surface area (Å²) in [4.78, 5) is 25.3. The summed E-state index contributed by atoms with van der Waals surface area (Å²) < 4.78 is 1.02. The van der Waals surface area contributed by atoms with E-state index in [0.29, 0.717) is 0 Å². The number of rotatable bonds is 6. The highest BCUT2D eigenvalue weighted by Gasteiger charge is 2.31. The predicted octanol–water partition coefficient (Wildman–Crippen LogP) is 2.99. The molecule has 1 aliphatic rings. The Hall–Kier alpha value is -1.14. The molecule has 0 aliphatic heterocycles. The first kappa shape index (κ1) is 14.3. The van der Waals surface area contributed by atoms with Crippen molar-refractivity contribution in [1.82, 2.24) is 4.90 Å². The van der Waals surface area contributed by atoms with Crippen LogP contribution in [0.1, 0.15) is 24.1 Å². The maximum atomic E-state index is 12.1. The Kier molecular flexibility index (Phi) is 4.76. The Bertz CT molecular complexity index is 508. The summed E-state index contributed by atoms with van der Waals surface area (Å²) in [6, 6.07) is 4.08. The van der Waals surface area contributed by atoms with Gasteiger partial charge < -0.3 is 10.0 Å². The Balaban J connectivity index is 1.95. The molecule has 19 heavy (non-hydrogen) atoms. The molecule has 4 nitrogen and oxygen atoms in total. The van der Waals surface area contributed by atoms with Crippen molar-refractivity contribution in [2.45, 2.75) is 25.3 Å². The maximum Gasteiger partial charge on any atom is 0.305 e. The summed E-state index contributed by atoms with van der Waals surface area (Å²) >= 11 is 4.91. The van der Waals surface area contributed by atoms with Crippen molar-refractivity contribution in [3.8, 4) is 0 Å². The van der Waals surface area contributed by atoms with Gasteiger partial charge in [0.2, 0.25) is 5.91 Å². The third-order valence-electron chi connectivity index (χ3n) is 2.82. The topological polar surface area (TPSA) is 57.6 Å². The lowest BCUT2D eigenvalue weighted by Gasteiger charge is -2.19. The predicted molar refractivity (Wildman–Crippen MR) is 78.0 cm³/mol. The number of carboxylic acid groups (broad SMARTS) is 1. The lowest BCUT2D eigenvalue weighted by molar-refractivity contribution is -0.138. The van der Waals surface area contributed by atoms with Crippen molar-refractivity contribution in [3.05, 3.63) is 26.9 Å². The van der Waals surface area contributed by atoms with E-state index < -0.39 is 5.97 Å². The van der Waals surface area contributed by atoms with Gasteiger partial charge in [-0.05, 0) is 47.0 Å². The van der Waals surface area contributed by atoms with Crippen LogP contribution in [-0.4, -0.2) is 34.5 Å². The van der Waals surface area contributed by atoms with E-state index >= 15 is 0 Å². The molecule has 6 heteroatoms. The number of thiophene rings is 1. The molecule has 0 aromatic carbocycles. The molecule has 1 saturated carbocycles. The highest BCUT2D eigenvalue weighted by atomic mass is 79.9. The summed E-state index contributed by atoms with van der Waals surface area (Å²) in [6.07, 6.45) is 5.25. The number of carbonyl (C=O) groups is 2. The average Bonchev–Trinajstić information content (AvgIpc) is 3.09. The lowest BCUT2D eigenvalue weighted by atomic mass is 10.3. The van der Waals surface area contributed by atoms with Crippen LogP contribution in [0.15, 0.2) is 22.0 Å². The Morgan fingerprint density at radius 3 is 2.74 bits per heavy atom. The Morgan fingerprint density at radius 1 is 1.47 bits per heavy atom. The van der Waals surface area contributed by atoms with E-state index in [0.717, 1.165) is 21.5 Å². The van der Waals surface area contributed by atoms with E-state index in [1.165, 1.54) is 6.08 Å². The molecule has 1 fully saturated rings. The van der Waals surface area contributed by atoms with Crippen LogP contribution in [0.5, 0.6) is 0 Å². The number of hydrogen-bond acceptors (Lipinski definition) is 3. The van der Waals surface area contributed by atoms with Gasteiger partial charge >= 0.3 is 5.97 Å². The van der Waals surface area contributed by atoms with Crippen LogP contribution in [0.3, 0.4) is 0 Å². The largest absolute Gasteiger partial charge is 0.481 e. The van der Waals surface area contributed by atoms with Crippen molar-refractivity contribution >= 4 is 45.2 Å². The van der Waals surface area contributed by atoms with Crippen LogP contribution in [0.4, 0.5) is 0 Å². The molecular weight excluding hydrogens is 330 g/mol. The molecule has 0 radical (unpaired) electrons. The van der Waals surface area contributed by atoms with Crippen LogP contribution in [0, 0.1) is 0 Å². The van der Waals surface area contributed by atoms with Crippen LogP contribution < -0.4 is 0 Å². The Labute approximate surface area is 123 Å². The van der Waals surface area contributed by atoms with E-state index in [-0.39, 0.29) is 24.9 Å². The molecule has 1 amide bonds. The molecule has 1 aliphatic carbocycles.